The largest absolute Gasteiger partial charge is 0.377 e. The van der Waals surface area contributed by atoms with Crippen molar-refractivity contribution in [2.45, 2.75) is 45.6 Å². The number of para-hydroxylation sites is 1. The molecule has 25 heavy (non-hydrogen) atoms. The number of benzene rings is 1. The lowest BCUT2D eigenvalue weighted by Gasteiger charge is -2.39. The summed E-state index contributed by atoms with van der Waals surface area (Å²) in [6, 6.07) is 7.66. The first-order valence-electron chi connectivity index (χ1n) is 9.50. The van der Waals surface area contributed by atoms with Crippen LogP contribution in [0.25, 0.3) is 0 Å². The van der Waals surface area contributed by atoms with Crippen LogP contribution in [0, 0.1) is 5.41 Å². The van der Waals surface area contributed by atoms with Gasteiger partial charge < -0.3 is 14.5 Å². The van der Waals surface area contributed by atoms with Crippen molar-refractivity contribution < 1.29 is 9.53 Å². The highest BCUT2D eigenvalue weighted by molar-refractivity contribution is 6.33. The molecule has 0 aliphatic carbocycles. The molecule has 0 bridgehead atoms. The van der Waals surface area contributed by atoms with Gasteiger partial charge in [0.25, 0.3) is 0 Å². The number of piperidine rings is 1. The van der Waals surface area contributed by atoms with Gasteiger partial charge in [-0.25, -0.2) is 0 Å². The highest BCUT2D eigenvalue weighted by Gasteiger charge is 2.48. The zero-order valence-corrected chi connectivity index (χ0v) is 16.1. The fraction of sp³-hybridized carbons (Fsp3) is 0.650. The molecule has 1 atom stereocenters. The molecular weight excluding hydrogens is 336 g/mol. The Balaban J connectivity index is 1.62. The van der Waals surface area contributed by atoms with Crippen LogP contribution in [0.1, 0.15) is 39.5 Å². The van der Waals surface area contributed by atoms with Crippen molar-refractivity contribution in [1.82, 2.24) is 4.90 Å². The smallest absolute Gasteiger partial charge is 0.233 e. The number of anilines is 1. The van der Waals surface area contributed by atoms with E-state index < -0.39 is 0 Å². The number of hydrogen-bond acceptors (Lipinski definition) is 3. The van der Waals surface area contributed by atoms with Crippen LogP contribution in [0.15, 0.2) is 24.3 Å². The molecule has 5 heteroatoms. The van der Waals surface area contributed by atoms with Crippen LogP contribution >= 0.6 is 11.6 Å². The summed E-state index contributed by atoms with van der Waals surface area (Å²) < 4.78 is 5.79. The third kappa shape index (κ3) is 3.86. The molecule has 2 saturated heterocycles. The fourth-order valence-electron chi connectivity index (χ4n) is 4.17. The second kappa shape index (κ2) is 8.07. The number of carbonyl (C=O) groups is 1. The molecule has 0 N–H and O–H groups in total. The maximum absolute atomic E-state index is 13.1. The number of halogens is 1. The highest BCUT2D eigenvalue weighted by Crippen LogP contribution is 2.44. The Morgan fingerprint density at radius 1 is 1.16 bits per heavy atom. The number of likely N-dealkylation sites (tertiary alicyclic amines) is 1. The van der Waals surface area contributed by atoms with Crippen LogP contribution in [0.4, 0.5) is 5.69 Å². The third-order valence-electron chi connectivity index (χ3n) is 5.79. The summed E-state index contributed by atoms with van der Waals surface area (Å²) in [5.41, 5.74) is 0.666. The van der Waals surface area contributed by atoms with E-state index in [-0.39, 0.29) is 11.3 Å². The van der Waals surface area contributed by atoms with Crippen molar-refractivity contribution in [1.29, 1.82) is 0 Å². The summed E-state index contributed by atoms with van der Waals surface area (Å²) in [7, 11) is 0. The zero-order chi connectivity index (χ0) is 17.9. The fourth-order valence-corrected chi connectivity index (χ4v) is 4.41. The molecule has 1 aromatic carbocycles. The minimum Gasteiger partial charge on any atom is -0.377 e. The van der Waals surface area contributed by atoms with Crippen molar-refractivity contribution in [3.8, 4) is 0 Å². The van der Waals surface area contributed by atoms with Gasteiger partial charge in [0.2, 0.25) is 5.91 Å². The Morgan fingerprint density at radius 2 is 1.84 bits per heavy atom. The van der Waals surface area contributed by atoms with E-state index in [4.69, 9.17) is 16.3 Å². The second-order valence-electron chi connectivity index (χ2n) is 7.22. The molecule has 1 amide bonds. The van der Waals surface area contributed by atoms with Gasteiger partial charge in [-0.1, -0.05) is 30.7 Å². The van der Waals surface area contributed by atoms with E-state index in [2.05, 4.69) is 11.8 Å². The third-order valence-corrected chi connectivity index (χ3v) is 6.11. The maximum Gasteiger partial charge on any atom is 0.233 e. The van der Waals surface area contributed by atoms with Crippen molar-refractivity contribution in [3.63, 3.8) is 0 Å². The summed E-state index contributed by atoms with van der Waals surface area (Å²) in [6.45, 7) is 8.70. The van der Waals surface area contributed by atoms with Gasteiger partial charge in [0.05, 0.1) is 22.2 Å². The van der Waals surface area contributed by atoms with E-state index in [0.717, 1.165) is 64.2 Å². The van der Waals surface area contributed by atoms with Gasteiger partial charge >= 0.3 is 0 Å². The first kappa shape index (κ1) is 18.7. The number of amides is 1. The van der Waals surface area contributed by atoms with Crippen molar-refractivity contribution >= 4 is 23.2 Å². The van der Waals surface area contributed by atoms with Gasteiger partial charge in [-0.05, 0) is 57.8 Å². The molecule has 4 nitrogen and oxygen atoms in total. The Morgan fingerprint density at radius 3 is 2.48 bits per heavy atom. The molecule has 2 aliphatic rings. The number of carbonyl (C=O) groups excluding carboxylic acids is 1. The van der Waals surface area contributed by atoms with Crippen LogP contribution in [-0.4, -0.2) is 49.7 Å². The molecule has 0 saturated carbocycles. The number of rotatable bonds is 6. The first-order valence-corrected chi connectivity index (χ1v) is 9.88. The Hall–Kier alpha value is -1.10. The molecular formula is C20H29ClN2O2. The van der Waals surface area contributed by atoms with Crippen molar-refractivity contribution in [2.75, 3.05) is 37.7 Å². The van der Waals surface area contributed by atoms with Crippen molar-refractivity contribution in [2.24, 2.45) is 5.41 Å². The molecule has 0 radical (unpaired) electrons. The van der Waals surface area contributed by atoms with E-state index in [1.165, 1.54) is 0 Å². The second-order valence-corrected chi connectivity index (χ2v) is 7.63. The first-order chi connectivity index (χ1) is 12.1. The summed E-state index contributed by atoms with van der Waals surface area (Å²) in [6.07, 6.45) is 4.16. The quantitative estimate of drug-likeness (QED) is 0.765. The number of nitrogens with zero attached hydrogens (tertiary/aromatic N) is 2. The van der Waals surface area contributed by atoms with E-state index in [9.17, 15) is 4.79 Å². The van der Waals surface area contributed by atoms with Crippen molar-refractivity contribution in [3.05, 3.63) is 29.3 Å². The Labute approximate surface area is 156 Å². The normalized spacial score (nSPS) is 21.9. The highest BCUT2D eigenvalue weighted by atomic mass is 35.5. The van der Waals surface area contributed by atoms with Crippen LogP contribution in [0.5, 0.6) is 0 Å². The minimum absolute atomic E-state index is 0.191. The lowest BCUT2D eigenvalue weighted by atomic mass is 9.77. The van der Waals surface area contributed by atoms with Gasteiger partial charge in [0.15, 0.2) is 0 Å². The molecule has 1 spiro atoms. The molecule has 2 aliphatic heterocycles. The topological polar surface area (TPSA) is 32.8 Å². The van der Waals surface area contributed by atoms with Gasteiger partial charge in [-0.3, -0.25) is 4.79 Å². The standard InChI is InChI=1S/C20H29ClN2O2/c1-3-16(25-4-2)15-22-12-9-20(10-13-22)11-14-23(19(20)24)18-8-6-5-7-17(18)21/h5-8,16H,3-4,9-15H2,1-2H3. The van der Waals surface area contributed by atoms with Crippen LogP contribution < -0.4 is 4.90 Å². The average molecular weight is 365 g/mol. The Bertz CT molecular complexity index is 599. The van der Waals surface area contributed by atoms with Gasteiger partial charge in [0, 0.05) is 19.7 Å². The van der Waals surface area contributed by atoms with E-state index in [1.807, 2.05) is 36.1 Å². The Kier molecular flexibility index (Phi) is 6.03. The SMILES string of the molecule is CCOC(CC)CN1CCC2(CC1)CCN(c1ccccc1Cl)C2=O. The molecule has 1 aromatic rings. The molecule has 3 rings (SSSR count). The van der Waals surface area contributed by atoms with Crippen LogP contribution in [-0.2, 0) is 9.53 Å². The van der Waals surface area contributed by atoms with Gasteiger partial charge in [0.1, 0.15) is 0 Å². The molecule has 0 aromatic heterocycles. The van der Waals surface area contributed by atoms with E-state index >= 15 is 0 Å². The lowest BCUT2D eigenvalue weighted by Crippen LogP contribution is -2.46. The molecule has 1 unspecified atom stereocenters. The lowest BCUT2D eigenvalue weighted by molar-refractivity contribution is -0.128. The van der Waals surface area contributed by atoms with Gasteiger partial charge in [-0.2, -0.15) is 0 Å². The average Bonchev–Trinajstić information content (AvgIpc) is 2.93. The summed E-state index contributed by atoms with van der Waals surface area (Å²) in [5, 5.41) is 0.660. The minimum atomic E-state index is -0.191. The summed E-state index contributed by atoms with van der Waals surface area (Å²) in [5.74, 6) is 0.261. The summed E-state index contributed by atoms with van der Waals surface area (Å²) in [4.78, 5) is 17.5. The van der Waals surface area contributed by atoms with Crippen LogP contribution in [0.3, 0.4) is 0 Å². The van der Waals surface area contributed by atoms with E-state index in [1.54, 1.807) is 0 Å². The van der Waals surface area contributed by atoms with E-state index in [0.29, 0.717) is 11.1 Å². The predicted molar refractivity (Wildman–Crippen MR) is 102 cm³/mol. The zero-order valence-electron chi connectivity index (χ0n) is 15.3. The number of hydrogen-bond donors (Lipinski definition) is 0. The molecule has 2 heterocycles. The molecule has 2 fully saturated rings. The monoisotopic (exact) mass is 364 g/mol. The van der Waals surface area contributed by atoms with Crippen LogP contribution in [0.2, 0.25) is 5.02 Å². The molecule has 138 valence electrons. The maximum atomic E-state index is 13.1. The predicted octanol–water partition coefficient (Wildman–Crippen LogP) is 3.97. The summed E-state index contributed by atoms with van der Waals surface area (Å²) >= 11 is 6.31. The number of ether oxygens (including phenoxy) is 1. The van der Waals surface area contributed by atoms with Gasteiger partial charge in [-0.15, -0.1) is 0 Å².